The molecule has 624 valence electrons. The first kappa shape index (κ1) is 88.4. The Kier molecular flexibility index (Phi) is 27.8. The Bertz CT molecular complexity index is 6800. The van der Waals surface area contributed by atoms with Crippen LogP contribution in [0.3, 0.4) is 0 Å². The summed E-state index contributed by atoms with van der Waals surface area (Å²) in [6.07, 6.45) is 8.22. The van der Waals surface area contributed by atoms with Gasteiger partial charge in [-0.2, -0.15) is 5.11 Å². The number of aliphatic imine (C=N–C) groups is 1. The summed E-state index contributed by atoms with van der Waals surface area (Å²) >= 11 is 7.59. The van der Waals surface area contributed by atoms with Crippen molar-refractivity contribution in [1.82, 2.24) is 14.9 Å². The number of terminal acetylenes is 1. The number of carbonyl (C=O) groups is 4. The highest BCUT2D eigenvalue weighted by Crippen LogP contribution is 2.36. The van der Waals surface area contributed by atoms with Gasteiger partial charge in [-0.05, 0) is 193 Å². The number of hydrogen-bond acceptors (Lipinski definition) is 19. The third-order valence-corrected chi connectivity index (χ3v) is 26.2. The van der Waals surface area contributed by atoms with Gasteiger partial charge in [-0.25, -0.2) is 62.8 Å². The largest absolute Gasteiger partial charge is 0.478 e. The van der Waals surface area contributed by atoms with Crippen molar-refractivity contribution in [3.8, 4) is 67.4 Å². The monoisotopic (exact) mass is 1760 g/mol. The molecular weight excluding hydrogens is 1680 g/mol. The standard InChI is InChI=1S/C26H28N2O4S.C23H18N2O4S2.C21H15ClN4O4S.C21H16N2O4S/c1-18(2)28-14-12-20-8-10-23(16-22(20)13-15-28)33(31,32)27-25-17-21(9-11-24(25)26(29)30)19-6-4-3-5-7-19;1-15-14-30-22(24-15)18-8-5-9-19(12-18)31(28,29)25-21-13-17(10-11-20(21)23(26)27)16-6-3-2-4-7-16;22-18-9-7-15(11-17(18)20-23-12-24-25-20)31(29,30)26-19-10-14(6-8-16(19)21(27)28)13-4-2-1-3-5-13;1-3-15-11-18(13-22-14(15)2)28(26,27)23-20-12-17(9-10-19(20)21(24)25)16-7-5-4-6-8-16/h3-11,16-18,27H,12-15H2,1-2H3,(H,29,30);2-14,25H,1H3,(H,26,27);1-11,26H,12H2,(H,27,28);1,4-13,23H,2H3,(H,24,25). The number of rotatable bonds is 23. The van der Waals surface area contributed by atoms with Gasteiger partial charge >= 0.3 is 23.9 Å². The number of halogens is 1. The minimum absolute atomic E-state index is 0.00403. The molecule has 26 nitrogen and oxygen atoms in total. The van der Waals surface area contributed by atoms with Crippen molar-refractivity contribution in [3.05, 3.63) is 333 Å². The summed E-state index contributed by atoms with van der Waals surface area (Å²) in [7, 11) is -16.2. The average Bonchev–Trinajstić information content (AvgIpc) is 1.80. The maximum atomic E-state index is 13.3. The van der Waals surface area contributed by atoms with Crippen LogP contribution in [0.15, 0.2) is 307 Å². The van der Waals surface area contributed by atoms with Gasteiger partial charge in [-0.3, -0.25) is 23.9 Å². The third-order valence-electron chi connectivity index (χ3n) is 19.4. The first-order valence-electron chi connectivity index (χ1n) is 37.6. The van der Waals surface area contributed by atoms with Crippen molar-refractivity contribution in [1.29, 1.82) is 0 Å². The van der Waals surface area contributed by atoms with Gasteiger partial charge in [0.1, 0.15) is 9.90 Å². The number of benzene rings is 11. The molecule has 13 aromatic rings. The second-order valence-corrected chi connectivity index (χ2v) is 36.0. The number of nitrogens with zero attached hydrogens (tertiary/aromatic N) is 6. The zero-order valence-corrected chi connectivity index (χ0v) is 70.8. The predicted molar refractivity (Wildman–Crippen MR) is 476 cm³/mol. The lowest BCUT2D eigenvalue weighted by atomic mass is 10.0. The van der Waals surface area contributed by atoms with Gasteiger partial charge in [-0.1, -0.05) is 181 Å². The number of sulfonamides is 4. The van der Waals surface area contributed by atoms with Crippen LogP contribution in [0.25, 0.3) is 55.1 Å². The molecule has 8 N–H and O–H groups in total. The van der Waals surface area contributed by atoms with Gasteiger partial charge in [0.05, 0.1) is 70.4 Å². The highest BCUT2D eigenvalue weighted by molar-refractivity contribution is 7.93. The molecule has 0 aliphatic carbocycles. The van der Waals surface area contributed by atoms with Crippen molar-refractivity contribution in [2.24, 2.45) is 15.2 Å². The van der Waals surface area contributed by atoms with Crippen LogP contribution < -0.4 is 18.9 Å². The molecule has 2 aliphatic heterocycles. The SMILES string of the molecule is C#Cc1cc(S(=O)(=O)Nc2cc(-c3ccccc3)ccc2C(=O)O)cnc1C.CC(C)N1CCc2ccc(S(=O)(=O)Nc3cc(-c4ccccc4)ccc3C(=O)O)cc2CC1.Cc1csc(-c2cccc(S(=O)(=O)Nc3cc(-c4ccccc4)ccc3C(=O)O)c2)n1.O=C(O)c1ccc(-c2ccccc2)cc1NS(=O)(=O)c1ccc(Cl)c(C2=NCN=N2)c1. The molecule has 0 saturated heterocycles. The molecule has 123 heavy (non-hydrogen) atoms. The van der Waals surface area contributed by atoms with Crippen LogP contribution in [-0.4, -0.2) is 124 Å². The zero-order valence-electron chi connectivity index (χ0n) is 66.0. The molecule has 11 aromatic carbocycles. The fourth-order valence-corrected chi connectivity index (χ4v) is 18.4. The number of nitrogens with one attached hydrogen (secondary N) is 4. The lowest BCUT2D eigenvalue weighted by molar-refractivity contribution is 0.0687. The number of aromatic nitrogens is 2. The first-order chi connectivity index (χ1) is 58.7. The van der Waals surface area contributed by atoms with Gasteiger partial charge in [0.15, 0.2) is 12.5 Å². The maximum absolute atomic E-state index is 13.3. The molecule has 0 atom stereocenters. The Balaban J connectivity index is 0.000000150. The van der Waals surface area contributed by atoms with E-state index in [9.17, 15) is 73.3 Å². The quantitative estimate of drug-likeness (QED) is 0.0276. The molecular formula is C91H77ClN10O16S5. The van der Waals surface area contributed by atoms with E-state index in [1.165, 1.54) is 96.4 Å². The Labute approximate surface area is 719 Å². The summed E-state index contributed by atoms with van der Waals surface area (Å²) < 4.78 is 114. The molecule has 0 saturated carbocycles. The molecule has 0 unspecified atom stereocenters. The molecule has 4 heterocycles. The fraction of sp³-hybridized carbons (Fsp3) is 0.110. The van der Waals surface area contributed by atoms with Crippen molar-refractivity contribution in [2.75, 3.05) is 38.6 Å². The van der Waals surface area contributed by atoms with E-state index in [1.54, 1.807) is 61.5 Å². The molecule has 0 fully saturated rings. The number of aromatic carboxylic acids is 4. The van der Waals surface area contributed by atoms with E-state index < -0.39 is 64.0 Å². The van der Waals surface area contributed by atoms with Gasteiger partial charge in [0.2, 0.25) is 0 Å². The molecule has 0 amide bonds. The Morgan fingerprint density at radius 1 is 0.447 bits per heavy atom. The molecule has 32 heteroatoms. The highest BCUT2D eigenvalue weighted by Gasteiger charge is 2.28. The number of carboxylic acids is 4. The van der Waals surface area contributed by atoms with E-state index in [0.29, 0.717) is 50.1 Å². The second kappa shape index (κ2) is 38.7. The fourth-order valence-electron chi connectivity index (χ4n) is 13.0. The van der Waals surface area contributed by atoms with Gasteiger partial charge in [0.25, 0.3) is 40.1 Å². The molecule has 15 rings (SSSR count). The van der Waals surface area contributed by atoms with Crippen LogP contribution in [-0.2, 0) is 52.9 Å². The van der Waals surface area contributed by atoms with Gasteiger partial charge < -0.3 is 25.3 Å². The van der Waals surface area contributed by atoms with Crippen molar-refractivity contribution in [3.63, 3.8) is 0 Å². The lowest BCUT2D eigenvalue weighted by Gasteiger charge is -2.23. The summed E-state index contributed by atoms with van der Waals surface area (Å²) in [5.74, 6) is -2.29. The van der Waals surface area contributed by atoms with E-state index in [0.717, 1.165) is 70.6 Å². The minimum Gasteiger partial charge on any atom is -0.478 e. The van der Waals surface area contributed by atoms with E-state index in [2.05, 4.69) is 68.7 Å². The van der Waals surface area contributed by atoms with Crippen LogP contribution in [0.1, 0.15) is 88.9 Å². The molecule has 0 spiro atoms. The minimum atomic E-state index is -4.14. The third kappa shape index (κ3) is 22.0. The van der Waals surface area contributed by atoms with Crippen molar-refractivity contribution < 1.29 is 73.3 Å². The zero-order chi connectivity index (χ0) is 87.9. The number of hydrogen-bond donors (Lipinski definition) is 8. The van der Waals surface area contributed by atoms with Crippen molar-refractivity contribution >= 4 is 115 Å². The van der Waals surface area contributed by atoms with E-state index >= 15 is 0 Å². The number of pyridine rings is 1. The summed E-state index contributed by atoms with van der Waals surface area (Å²) in [5, 5.41) is 48.6. The summed E-state index contributed by atoms with van der Waals surface area (Å²) in [5.41, 5.74) is 10.4. The Morgan fingerprint density at radius 2 is 0.837 bits per heavy atom. The Hall–Kier alpha value is -13.8. The number of thiazole rings is 1. The van der Waals surface area contributed by atoms with Crippen LogP contribution in [0.2, 0.25) is 5.02 Å². The van der Waals surface area contributed by atoms with Crippen LogP contribution in [0.4, 0.5) is 22.7 Å². The lowest BCUT2D eigenvalue weighted by Crippen LogP contribution is -2.32. The Morgan fingerprint density at radius 3 is 1.22 bits per heavy atom. The number of carboxylic acid groups (broad SMARTS) is 4. The molecule has 2 aromatic heterocycles. The van der Waals surface area contributed by atoms with Crippen molar-refractivity contribution in [2.45, 2.75) is 66.2 Å². The van der Waals surface area contributed by atoms with Gasteiger partial charge in [0, 0.05) is 53.1 Å². The van der Waals surface area contributed by atoms with E-state index in [4.69, 9.17) is 18.0 Å². The summed E-state index contributed by atoms with van der Waals surface area (Å²) in [4.78, 5) is 61.5. The number of anilines is 4. The summed E-state index contributed by atoms with van der Waals surface area (Å²) in [6.45, 7) is 9.85. The smallest absolute Gasteiger partial charge is 0.337 e. The number of fused-ring (bicyclic) bond motifs is 1. The van der Waals surface area contributed by atoms with Gasteiger partial charge in [-0.15, -0.1) is 22.9 Å². The highest BCUT2D eigenvalue weighted by atomic mass is 35.5. The number of aryl methyl sites for hydroxylation is 2. The second-order valence-electron chi connectivity index (χ2n) is 28.0. The average molecular weight is 1760 g/mol. The number of azo groups is 1. The molecule has 0 radical (unpaired) electrons. The topological polar surface area (TPSA) is 400 Å². The van der Waals surface area contributed by atoms with Crippen LogP contribution in [0, 0.1) is 26.2 Å². The molecule has 2 aliphatic rings. The number of amidine groups is 1. The van der Waals surface area contributed by atoms with E-state index in [-0.39, 0.29) is 82.1 Å². The maximum Gasteiger partial charge on any atom is 0.337 e. The molecule has 0 bridgehead atoms. The first-order valence-corrected chi connectivity index (χ1v) is 44.8. The normalized spacial score (nSPS) is 12.5. The van der Waals surface area contributed by atoms with Crippen LogP contribution >= 0.6 is 22.9 Å². The van der Waals surface area contributed by atoms with Crippen LogP contribution in [0.5, 0.6) is 0 Å². The van der Waals surface area contributed by atoms with E-state index in [1.807, 2.05) is 140 Å². The summed E-state index contributed by atoms with van der Waals surface area (Å²) in [6, 6.07) is 72.9. The predicted octanol–water partition coefficient (Wildman–Crippen LogP) is 18.2.